The number of hydrogen-bond donors (Lipinski definition) is 1. The molecule has 92 valence electrons. The van der Waals surface area contributed by atoms with E-state index in [1.54, 1.807) is 12.3 Å². The van der Waals surface area contributed by atoms with Crippen LogP contribution in [0.5, 0.6) is 0 Å². The fraction of sp³-hybridized carbons (Fsp3) is 0.583. The van der Waals surface area contributed by atoms with Gasteiger partial charge >= 0.3 is 6.03 Å². The van der Waals surface area contributed by atoms with E-state index >= 15 is 0 Å². The third kappa shape index (κ3) is 2.72. The van der Waals surface area contributed by atoms with Crippen LogP contribution in [-0.4, -0.2) is 33.5 Å². The van der Waals surface area contributed by atoms with Crippen molar-refractivity contribution in [2.75, 3.05) is 11.9 Å². The third-order valence-electron chi connectivity index (χ3n) is 3.45. The summed E-state index contributed by atoms with van der Waals surface area (Å²) in [4.78, 5) is 21.8. The fourth-order valence-electron chi connectivity index (χ4n) is 2.17. The predicted octanol–water partition coefficient (Wildman–Crippen LogP) is 2.13. The van der Waals surface area contributed by atoms with Gasteiger partial charge in [-0.2, -0.15) is 0 Å². The summed E-state index contributed by atoms with van der Waals surface area (Å²) in [5, 5.41) is 2.80. The van der Waals surface area contributed by atoms with Gasteiger partial charge in [0.1, 0.15) is 12.1 Å². The van der Waals surface area contributed by atoms with Crippen molar-refractivity contribution in [2.45, 2.75) is 32.7 Å². The van der Waals surface area contributed by atoms with Crippen LogP contribution in [0.3, 0.4) is 0 Å². The molecule has 1 aromatic heterocycles. The Labute approximate surface area is 101 Å². The molecule has 2 heterocycles. The molecule has 0 radical (unpaired) electrons. The Kier molecular flexibility index (Phi) is 3.56. The van der Waals surface area contributed by atoms with Crippen molar-refractivity contribution < 1.29 is 4.79 Å². The largest absolute Gasteiger partial charge is 0.323 e. The monoisotopic (exact) mass is 234 g/mol. The van der Waals surface area contributed by atoms with Gasteiger partial charge in [-0.15, -0.1) is 0 Å². The molecule has 0 aromatic carbocycles. The molecule has 2 rings (SSSR count). The molecular weight excluding hydrogens is 216 g/mol. The van der Waals surface area contributed by atoms with E-state index in [4.69, 9.17) is 0 Å². The minimum absolute atomic E-state index is 0.0669. The van der Waals surface area contributed by atoms with E-state index in [-0.39, 0.29) is 12.1 Å². The van der Waals surface area contributed by atoms with Gasteiger partial charge in [-0.3, -0.25) is 5.32 Å². The normalized spacial score (nSPS) is 24.5. The zero-order valence-corrected chi connectivity index (χ0v) is 10.3. The Hall–Kier alpha value is -1.65. The average Bonchev–Trinajstić information content (AvgIpc) is 2.34. The first-order valence-electron chi connectivity index (χ1n) is 6.02. The van der Waals surface area contributed by atoms with Crippen LogP contribution in [-0.2, 0) is 0 Å². The number of nitrogens with zero attached hydrogens (tertiary/aromatic N) is 3. The molecule has 0 bridgehead atoms. The van der Waals surface area contributed by atoms with Gasteiger partial charge in [-0.25, -0.2) is 14.8 Å². The van der Waals surface area contributed by atoms with Crippen LogP contribution in [0.25, 0.3) is 0 Å². The maximum absolute atomic E-state index is 12.1. The number of rotatable bonds is 1. The van der Waals surface area contributed by atoms with Crippen LogP contribution in [0.4, 0.5) is 10.6 Å². The molecule has 0 saturated carbocycles. The number of anilines is 1. The van der Waals surface area contributed by atoms with Gasteiger partial charge in [0.15, 0.2) is 0 Å². The van der Waals surface area contributed by atoms with Gasteiger partial charge in [0.2, 0.25) is 0 Å². The number of likely N-dealkylation sites (tertiary alicyclic amines) is 1. The summed E-state index contributed by atoms with van der Waals surface area (Å²) in [6, 6.07) is 1.91. The summed E-state index contributed by atoms with van der Waals surface area (Å²) < 4.78 is 0. The lowest BCUT2D eigenvalue weighted by Gasteiger charge is -2.37. The molecule has 1 aromatic rings. The summed E-state index contributed by atoms with van der Waals surface area (Å²) in [5.74, 6) is 1.11. The van der Waals surface area contributed by atoms with E-state index in [2.05, 4.69) is 29.1 Å². The Bertz CT molecular complexity index is 381. The van der Waals surface area contributed by atoms with E-state index in [1.165, 1.54) is 12.7 Å². The Morgan fingerprint density at radius 1 is 1.53 bits per heavy atom. The SMILES string of the molecule is C[C@@H]1CCCN(C(=O)Nc2ccncn2)[C@@H]1C. The maximum Gasteiger partial charge on any atom is 0.323 e. The molecule has 1 aliphatic heterocycles. The zero-order chi connectivity index (χ0) is 12.3. The van der Waals surface area contributed by atoms with Gasteiger partial charge in [0.25, 0.3) is 0 Å². The number of urea groups is 1. The molecule has 1 N–H and O–H groups in total. The summed E-state index contributed by atoms with van der Waals surface area (Å²) in [7, 11) is 0. The lowest BCUT2D eigenvalue weighted by Crippen LogP contribution is -2.48. The van der Waals surface area contributed by atoms with E-state index < -0.39 is 0 Å². The maximum atomic E-state index is 12.1. The smallest absolute Gasteiger partial charge is 0.322 e. The topological polar surface area (TPSA) is 58.1 Å². The molecular formula is C12H18N4O. The Morgan fingerprint density at radius 2 is 2.35 bits per heavy atom. The lowest BCUT2D eigenvalue weighted by molar-refractivity contribution is 0.139. The van der Waals surface area contributed by atoms with Crippen LogP contribution in [0, 0.1) is 5.92 Å². The highest BCUT2D eigenvalue weighted by Gasteiger charge is 2.28. The van der Waals surface area contributed by atoms with Crippen LogP contribution in [0.15, 0.2) is 18.6 Å². The van der Waals surface area contributed by atoms with Crippen LogP contribution < -0.4 is 5.32 Å². The number of amides is 2. The summed E-state index contributed by atoms with van der Waals surface area (Å²) in [5.41, 5.74) is 0. The zero-order valence-electron chi connectivity index (χ0n) is 10.3. The molecule has 0 aliphatic carbocycles. The van der Waals surface area contributed by atoms with Crippen molar-refractivity contribution in [3.05, 3.63) is 18.6 Å². The number of carbonyl (C=O) groups excluding carboxylic acids is 1. The van der Waals surface area contributed by atoms with E-state index in [9.17, 15) is 4.79 Å². The highest BCUT2D eigenvalue weighted by Crippen LogP contribution is 2.23. The van der Waals surface area contributed by atoms with E-state index in [1.807, 2.05) is 4.90 Å². The number of hydrogen-bond acceptors (Lipinski definition) is 3. The molecule has 2 amide bonds. The molecule has 5 nitrogen and oxygen atoms in total. The summed E-state index contributed by atoms with van der Waals surface area (Å²) in [6.07, 6.45) is 5.31. The molecule has 17 heavy (non-hydrogen) atoms. The average molecular weight is 234 g/mol. The second-order valence-electron chi connectivity index (χ2n) is 4.58. The highest BCUT2D eigenvalue weighted by atomic mass is 16.2. The van der Waals surface area contributed by atoms with Crippen molar-refractivity contribution in [1.29, 1.82) is 0 Å². The van der Waals surface area contributed by atoms with E-state index in [0.29, 0.717) is 11.7 Å². The van der Waals surface area contributed by atoms with Gasteiger partial charge in [-0.05, 0) is 31.7 Å². The standard InChI is InChI=1S/C12H18N4O/c1-9-4-3-7-16(10(9)2)12(17)15-11-5-6-13-8-14-11/h5-6,8-10H,3-4,7H2,1-2H3,(H,13,14,15,17)/t9-,10-/m1/s1. The third-order valence-corrected chi connectivity index (χ3v) is 3.45. The second-order valence-corrected chi connectivity index (χ2v) is 4.58. The van der Waals surface area contributed by atoms with Gasteiger partial charge in [-0.1, -0.05) is 6.92 Å². The molecule has 5 heteroatoms. The van der Waals surface area contributed by atoms with Gasteiger partial charge in [0, 0.05) is 18.8 Å². The van der Waals surface area contributed by atoms with Crippen LogP contribution in [0.1, 0.15) is 26.7 Å². The fourth-order valence-corrected chi connectivity index (χ4v) is 2.17. The number of piperidine rings is 1. The first-order valence-corrected chi connectivity index (χ1v) is 6.02. The van der Waals surface area contributed by atoms with E-state index in [0.717, 1.165) is 13.0 Å². The molecule has 0 spiro atoms. The molecule has 2 atom stereocenters. The highest BCUT2D eigenvalue weighted by molar-refractivity contribution is 5.88. The number of carbonyl (C=O) groups is 1. The lowest BCUT2D eigenvalue weighted by atomic mass is 9.92. The van der Waals surface area contributed by atoms with Crippen molar-refractivity contribution >= 4 is 11.8 Å². The van der Waals surface area contributed by atoms with Crippen LogP contribution >= 0.6 is 0 Å². The molecule has 1 aliphatic rings. The minimum atomic E-state index is -0.0669. The minimum Gasteiger partial charge on any atom is -0.322 e. The molecule has 0 unspecified atom stereocenters. The quantitative estimate of drug-likeness (QED) is 0.809. The van der Waals surface area contributed by atoms with Crippen molar-refractivity contribution in [1.82, 2.24) is 14.9 Å². The first-order chi connectivity index (χ1) is 8.18. The summed E-state index contributed by atoms with van der Waals surface area (Å²) >= 11 is 0. The van der Waals surface area contributed by atoms with Gasteiger partial charge in [0.05, 0.1) is 0 Å². The van der Waals surface area contributed by atoms with Gasteiger partial charge < -0.3 is 4.90 Å². The summed E-state index contributed by atoms with van der Waals surface area (Å²) in [6.45, 7) is 5.11. The second kappa shape index (κ2) is 5.12. The Balaban J connectivity index is 2.00. The van der Waals surface area contributed by atoms with Crippen LogP contribution in [0.2, 0.25) is 0 Å². The van der Waals surface area contributed by atoms with Crippen molar-refractivity contribution in [3.8, 4) is 0 Å². The number of aromatic nitrogens is 2. The molecule has 1 saturated heterocycles. The van der Waals surface area contributed by atoms with Crippen molar-refractivity contribution in [3.63, 3.8) is 0 Å². The first kappa shape index (κ1) is 11.8. The van der Waals surface area contributed by atoms with Crippen molar-refractivity contribution in [2.24, 2.45) is 5.92 Å². The molecule has 1 fully saturated rings. The predicted molar refractivity (Wildman–Crippen MR) is 65.6 cm³/mol. The number of nitrogens with one attached hydrogen (secondary N) is 1. The Morgan fingerprint density at radius 3 is 3.06 bits per heavy atom.